The molecule has 12 heavy (non-hydrogen) atoms. The van der Waals surface area contributed by atoms with Crippen molar-refractivity contribution in [2.24, 2.45) is 0 Å². The van der Waals surface area contributed by atoms with E-state index < -0.39 is 0 Å². The lowest BCUT2D eigenvalue weighted by atomic mass is 10.00. The summed E-state index contributed by atoms with van der Waals surface area (Å²) >= 11 is 0. The van der Waals surface area contributed by atoms with E-state index in [9.17, 15) is 0 Å². The summed E-state index contributed by atoms with van der Waals surface area (Å²) in [6, 6.07) is 1.45. The molecule has 0 bridgehead atoms. The molecule has 2 atom stereocenters. The Morgan fingerprint density at radius 1 is 1.42 bits per heavy atom. The molecule has 1 saturated heterocycles. The lowest BCUT2D eigenvalue weighted by molar-refractivity contribution is 0.325. The van der Waals surface area contributed by atoms with Crippen molar-refractivity contribution in [3.63, 3.8) is 0 Å². The van der Waals surface area contributed by atoms with Crippen molar-refractivity contribution >= 4 is 0 Å². The van der Waals surface area contributed by atoms with Gasteiger partial charge >= 0.3 is 0 Å². The van der Waals surface area contributed by atoms with Crippen molar-refractivity contribution in [2.45, 2.75) is 51.6 Å². The van der Waals surface area contributed by atoms with E-state index in [1.54, 1.807) is 0 Å². The van der Waals surface area contributed by atoms with Gasteiger partial charge in [0.25, 0.3) is 0 Å². The molecule has 0 aromatic rings. The predicted molar refractivity (Wildman–Crippen MR) is 53.4 cm³/mol. The normalized spacial score (nSPS) is 30.5. The van der Waals surface area contributed by atoms with Crippen LogP contribution in [-0.2, 0) is 0 Å². The average Bonchev–Trinajstić information content (AvgIpc) is 2.05. The first-order valence-electron chi connectivity index (χ1n) is 5.29. The smallest absolute Gasteiger partial charge is 0.0194 e. The van der Waals surface area contributed by atoms with Gasteiger partial charge in [-0.2, -0.15) is 0 Å². The van der Waals surface area contributed by atoms with Gasteiger partial charge in [0.05, 0.1) is 0 Å². The van der Waals surface area contributed by atoms with Crippen LogP contribution in [0.15, 0.2) is 0 Å². The van der Waals surface area contributed by atoms with Crippen LogP contribution < -0.4 is 10.6 Å². The SMILES string of the molecule is CCCNCC1CCCC(C)N1. The molecule has 1 heterocycles. The summed E-state index contributed by atoms with van der Waals surface area (Å²) in [7, 11) is 0. The molecular weight excluding hydrogens is 148 g/mol. The van der Waals surface area contributed by atoms with E-state index >= 15 is 0 Å². The molecule has 2 nitrogen and oxygen atoms in total. The zero-order chi connectivity index (χ0) is 8.81. The van der Waals surface area contributed by atoms with Gasteiger partial charge in [0.15, 0.2) is 0 Å². The molecule has 2 N–H and O–H groups in total. The monoisotopic (exact) mass is 170 g/mol. The summed E-state index contributed by atoms with van der Waals surface area (Å²) in [5.74, 6) is 0. The van der Waals surface area contributed by atoms with Crippen LogP contribution in [0.25, 0.3) is 0 Å². The van der Waals surface area contributed by atoms with Gasteiger partial charge in [0.1, 0.15) is 0 Å². The van der Waals surface area contributed by atoms with Gasteiger partial charge in [-0.3, -0.25) is 0 Å². The topological polar surface area (TPSA) is 24.1 Å². The highest BCUT2D eigenvalue weighted by Gasteiger charge is 2.16. The second kappa shape index (κ2) is 5.55. The van der Waals surface area contributed by atoms with E-state index in [-0.39, 0.29) is 0 Å². The first kappa shape index (κ1) is 10.0. The lowest BCUT2D eigenvalue weighted by Gasteiger charge is -2.28. The zero-order valence-corrected chi connectivity index (χ0v) is 8.40. The molecule has 0 aromatic carbocycles. The largest absolute Gasteiger partial charge is 0.315 e. The molecule has 0 radical (unpaired) electrons. The second-order valence-electron chi connectivity index (χ2n) is 3.90. The maximum atomic E-state index is 3.61. The summed E-state index contributed by atoms with van der Waals surface area (Å²) in [5.41, 5.74) is 0. The third-order valence-electron chi connectivity index (χ3n) is 2.53. The Kier molecular flexibility index (Phi) is 4.62. The molecule has 2 unspecified atom stereocenters. The molecule has 0 aliphatic carbocycles. The van der Waals surface area contributed by atoms with Crippen LogP contribution >= 0.6 is 0 Å². The third-order valence-corrected chi connectivity index (χ3v) is 2.53. The quantitative estimate of drug-likeness (QED) is 0.625. The molecule has 72 valence electrons. The van der Waals surface area contributed by atoms with Crippen molar-refractivity contribution in [2.75, 3.05) is 13.1 Å². The van der Waals surface area contributed by atoms with Crippen molar-refractivity contribution in [3.8, 4) is 0 Å². The predicted octanol–water partition coefficient (Wildman–Crippen LogP) is 1.52. The minimum atomic E-state index is 0.722. The fourth-order valence-corrected chi connectivity index (χ4v) is 1.85. The third kappa shape index (κ3) is 3.55. The first-order valence-corrected chi connectivity index (χ1v) is 5.29. The fraction of sp³-hybridized carbons (Fsp3) is 1.00. The minimum absolute atomic E-state index is 0.722. The summed E-state index contributed by atoms with van der Waals surface area (Å²) < 4.78 is 0. The molecular formula is C10H22N2. The van der Waals surface area contributed by atoms with E-state index in [0.717, 1.165) is 25.2 Å². The highest BCUT2D eigenvalue weighted by atomic mass is 15.0. The molecule has 0 spiro atoms. The molecule has 1 aliphatic rings. The molecule has 1 fully saturated rings. The number of rotatable bonds is 4. The van der Waals surface area contributed by atoms with Crippen molar-refractivity contribution < 1.29 is 0 Å². The van der Waals surface area contributed by atoms with E-state index in [0.29, 0.717) is 0 Å². The molecule has 1 rings (SSSR count). The van der Waals surface area contributed by atoms with Crippen LogP contribution in [0, 0.1) is 0 Å². The van der Waals surface area contributed by atoms with E-state index in [1.165, 1.54) is 25.7 Å². The van der Waals surface area contributed by atoms with Gasteiger partial charge in [-0.1, -0.05) is 13.3 Å². The summed E-state index contributed by atoms with van der Waals surface area (Å²) in [6.45, 7) is 6.81. The van der Waals surface area contributed by atoms with Crippen LogP contribution in [0.2, 0.25) is 0 Å². The Morgan fingerprint density at radius 2 is 2.25 bits per heavy atom. The number of hydrogen-bond donors (Lipinski definition) is 2. The first-order chi connectivity index (χ1) is 5.83. The van der Waals surface area contributed by atoms with Crippen molar-refractivity contribution in [3.05, 3.63) is 0 Å². The van der Waals surface area contributed by atoms with Crippen LogP contribution in [0.1, 0.15) is 39.5 Å². The van der Waals surface area contributed by atoms with Gasteiger partial charge in [-0.25, -0.2) is 0 Å². The molecule has 2 heteroatoms. The van der Waals surface area contributed by atoms with Crippen LogP contribution in [0.5, 0.6) is 0 Å². The Bertz CT molecular complexity index is 114. The summed E-state index contributed by atoms with van der Waals surface area (Å²) in [6.07, 6.45) is 5.33. The lowest BCUT2D eigenvalue weighted by Crippen LogP contribution is -2.46. The van der Waals surface area contributed by atoms with Crippen LogP contribution in [0.3, 0.4) is 0 Å². The second-order valence-corrected chi connectivity index (χ2v) is 3.90. The number of hydrogen-bond acceptors (Lipinski definition) is 2. The highest BCUT2D eigenvalue weighted by molar-refractivity contribution is 4.78. The van der Waals surface area contributed by atoms with E-state index in [2.05, 4.69) is 24.5 Å². The minimum Gasteiger partial charge on any atom is -0.315 e. The highest BCUT2D eigenvalue weighted by Crippen LogP contribution is 2.11. The van der Waals surface area contributed by atoms with Gasteiger partial charge in [0.2, 0.25) is 0 Å². The van der Waals surface area contributed by atoms with Crippen molar-refractivity contribution in [1.82, 2.24) is 10.6 Å². The van der Waals surface area contributed by atoms with E-state index in [1.807, 2.05) is 0 Å². The Balaban J connectivity index is 2.06. The Labute approximate surface area is 76.1 Å². The molecule has 0 amide bonds. The van der Waals surface area contributed by atoms with Crippen LogP contribution in [-0.4, -0.2) is 25.2 Å². The van der Waals surface area contributed by atoms with Gasteiger partial charge < -0.3 is 10.6 Å². The van der Waals surface area contributed by atoms with Gasteiger partial charge in [-0.15, -0.1) is 0 Å². The molecule has 0 aromatic heterocycles. The van der Waals surface area contributed by atoms with Gasteiger partial charge in [0, 0.05) is 18.6 Å². The van der Waals surface area contributed by atoms with Gasteiger partial charge in [-0.05, 0) is 32.7 Å². The number of nitrogens with one attached hydrogen (secondary N) is 2. The number of piperidine rings is 1. The fourth-order valence-electron chi connectivity index (χ4n) is 1.85. The maximum Gasteiger partial charge on any atom is 0.0194 e. The molecule has 0 saturated carbocycles. The Morgan fingerprint density at radius 3 is 2.92 bits per heavy atom. The zero-order valence-electron chi connectivity index (χ0n) is 8.40. The van der Waals surface area contributed by atoms with Crippen LogP contribution in [0.4, 0.5) is 0 Å². The standard InChI is InChI=1S/C10H22N2/c1-3-7-11-8-10-6-4-5-9(2)12-10/h9-12H,3-8H2,1-2H3. The molecule has 1 aliphatic heterocycles. The summed E-state index contributed by atoms with van der Waals surface area (Å²) in [4.78, 5) is 0. The Hall–Kier alpha value is -0.0800. The van der Waals surface area contributed by atoms with Crippen molar-refractivity contribution in [1.29, 1.82) is 0 Å². The average molecular weight is 170 g/mol. The maximum absolute atomic E-state index is 3.61. The van der Waals surface area contributed by atoms with E-state index in [4.69, 9.17) is 0 Å². The summed E-state index contributed by atoms with van der Waals surface area (Å²) in [5, 5.41) is 7.08.